The van der Waals surface area contributed by atoms with E-state index in [0.717, 1.165) is 9.37 Å². The number of benzene rings is 1. The zero-order valence-corrected chi connectivity index (χ0v) is 11.3. The van der Waals surface area contributed by atoms with E-state index >= 15 is 0 Å². The van der Waals surface area contributed by atoms with Gasteiger partial charge in [-0.3, -0.25) is 4.79 Å². The Bertz CT molecular complexity index is 340. The zero-order valence-electron chi connectivity index (χ0n) is 8.85. The van der Waals surface area contributed by atoms with Crippen LogP contribution in [-0.2, 0) is 9.53 Å². The second kappa shape index (κ2) is 6.93. The Hall–Kier alpha value is -0.520. The predicted octanol–water partition coefficient (Wildman–Crippen LogP) is 2.47. The van der Waals surface area contributed by atoms with Gasteiger partial charge in [-0.25, -0.2) is 0 Å². The van der Waals surface area contributed by atoms with Crippen molar-refractivity contribution in [3.63, 3.8) is 0 Å². The average Bonchev–Trinajstić information content (AvgIpc) is 2.28. The molecule has 0 amide bonds. The first-order valence-electron chi connectivity index (χ1n) is 4.75. The summed E-state index contributed by atoms with van der Waals surface area (Å²) >= 11 is 4.86. The van der Waals surface area contributed by atoms with Crippen LogP contribution in [0, 0.1) is 0 Å². The molecule has 0 bridgehead atoms. The van der Waals surface area contributed by atoms with Crippen molar-refractivity contribution in [2.45, 2.75) is 17.4 Å². The molecule has 1 N–H and O–H groups in total. The van der Waals surface area contributed by atoms with E-state index in [1.54, 1.807) is 0 Å². The third-order valence-corrected chi connectivity index (χ3v) is 3.57. The Kier molecular flexibility index (Phi) is 5.87. The average molecular weight is 305 g/mol. The summed E-state index contributed by atoms with van der Waals surface area (Å²) in [6.07, 6.45) is -0.624. The highest BCUT2D eigenvalue weighted by atomic mass is 79.9. The molecule has 0 aliphatic heterocycles. The summed E-state index contributed by atoms with van der Waals surface area (Å²) in [4.78, 5) is 11.9. The molecule has 0 unspecified atom stereocenters. The number of thioether (sulfide) groups is 1. The Morgan fingerprint density at radius 2 is 2.12 bits per heavy atom. The Labute approximate surface area is 107 Å². The van der Waals surface area contributed by atoms with Crippen LogP contribution in [0.4, 0.5) is 0 Å². The van der Waals surface area contributed by atoms with Crippen molar-refractivity contribution >= 4 is 33.7 Å². The number of methoxy groups -OCH3 is 1. The van der Waals surface area contributed by atoms with Gasteiger partial charge in [0, 0.05) is 15.1 Å². The molecule has 0 aromatic heterocycles. The van der Waals surface area contributed by atoms with Gasteiger partial charge < -0.3 is 9.84 Å². The van der Waals surface area contributed by atoms with E-state index in [0.29, 0.717) is 5.75 Å². The lowest BCUT2D eigenvalue weighted by atomic mass is 10.3. The summed E-state index contributed by atoms with van der Waals surface area (Å²) in [5.74, 6) is 0.0976. The topological polar surface area (TPSA) is 46.5 Å². The predicted molar refractivity (Wildman–Crippen MR) is 67.5 cm³/mol. The van der Waals surface area contributed by atoms with Crippen LogP contribution in [0.5, 0.6) is 0 Å². The molecule has 0 aliphatic carbocycles. The van der Waals surface area contributed by atoms with E-state index in [9.17, 15) is 9.90 Å². The number of halogens is 1. The summed E-state index contributed by atoms with van der Waals surface area (Å²) in [6.45, 7) is 0. The number of hydrogen-bond acceptors (Lipinski definition) is 4. The molecule has 16 heavy (non-hydrogen) atoms. The van der Waals surface area contributed by atoms with Crippen LogP contribution in [0.2, 0.25) is 0 Å². The number of carbonyl (C=O) groups is 1. The minimum atomic E-state index is -0.666. The van der Waals surface area contributed by atoms with E-state index < -0.39 is 6.10 Å². The molecule has 1 rings (SSSR count). The quantitative estimate of drug-likeness (QED) is 0.670. The van der Waals surface area contributed by atoms with Crippen LogP contribution in [0.25, 0.3) is 0 Å². The van der Waals surface area contributed by atoms with Gasteiger partial charge in [-0.1, -0.05) is 15.9 Å². The molecule has 0 saturated heterocycles. The molecule has 1 aromatic rings. The van der Waals surface area contributed by atoms with Crippen molar-refractivity contribution in [3.05, 3.63) is 28.7 Å². The van der Waals surface area contributed by atoms with Crippen LogP contribution < -0.4 is 0 Å². The van der Waals surface area contributed by atoms with Crippen molar-refractivity contribution < 1.29 is 14.6 Å². The molecular weight excluding hydrogens is 292 g/mol. The summed E-state index contributed by atoms with van der Waals surface area (Å²) in [6, 6.07) is 7.79. The number of hydrogen-bond donors (Lipinski definition) is 1. The van der Waals surface area contributed by atoms with Crippen molar-refractivity contribution in [1.82, 2.24) is 0 Å². The van der Waals surface area contributed by atoms with Crippen molar-refractivity contribution in [2.75, 3.05) is 12.9 Å². The molecule has 88 valence electrons. The van der Waals surface area contributed by atoms with Gasteiger partial charge in [-0.15, -0.1) is 11.8 Å². The Morgan fingerprint density at radius 3 is 2.69 bits per heavy atom. The maximum atomic E-state index is 10.9. The molecular formula is C11H13BrO3S. The Morgan fingerprint density at radius 1 is 1.50 bits per heavy atom. The lowest BCUT2D eigenvalue weighted by Gasteiger charge is -2.08. The fourth-order valence-corrected chi connectivity index (χ4v) is 2.15. The summed E-state index contributed by atoms with van der Waals surface area (Å²) in [5.41, 5.74) is 0. The van der Waals surface area contributed by atoms with E-state index in [-0.39, 0.29) is 12.4 Å². The minimum absolute atomic E-state index is 0.0417. The van der Waals surface area contributed by atoms with E-state index in [1.807, 2.05) is 24.3 Å². The van der Waals surface area contributed by atoms with Gasteiger partial charge in [0.1, 0.15) is 0 Å². The lowest BCUT2D eigenvalue weighted by Crippen LogP contribution is -2.16. The van der Waals surface area contributed by atoms with Crippen LogP contribution in [0.1, 0.15) is 6.42 Å². The first kappa shape index (κ1) is 13.5. The van der Waals surface area contributed by atoms with Gasteiger partial charge >= 0.3 is 5.97 Å². The van der Waals surface area contributed by atoms with Crippen LogP contribution in [-0.4, -0.2) is 30.0 Å². The largest absolute Gasteiger partial charge is 0.469 e. The van der Waals surface area contributed by atoms with E-state index in [2.05, 4.69) is 20.7 Å². The second-order valence-electron chi connectivity index (χ2n) is 3.20. The smallest absolute Gasteiger partial charge is 0.308 e. The maximum Gasteiger partial charge on any atom is 0.308 e. The standard InChI is InChI=1S/C11H13BrO3S/c1-15-11(14)6-9(13)7-16-10-4-2-8(12)3-5-10/h2-5,9,13H,6-7H2,1H3/t9-/m1/s1. The lowest BCUT2D eigenvalue weighted by molar-refractivity contribution is -0.142. The van der Waals surface area contributed by atoms with E-state index in [1.165, 1.54) is 18.9 Å². The molecule has 3 nitrogen and oxygen atoms in total. The van der Waals surface area contributed by atoms with Crippen molar-refractivity contribution in [3.8, 4) is 0 Å². The van der Waals surface area contributed by atoms with Gasteiger partial charge in [0.05, 0.1) is 19.6 Å². The van der Waals surface area contributed by atoms with Gasteiger partial charge in [-0.2, -0.15) is 0 Å². The van der Waals surface area contributed by atoms with Crippen LogP contribution >= 0.6 is 27.7 Å². The monoisotopic (exact) mass is 304 g/mol. The highest BCUT2D eigenvalue weighted by molar-refractivity contribution is 9.10. The number of aliphatic hydroxyl groups excluding tert-OH is 1. The fourth-order valence-electron chi connectivity index (χ4n) is 1.06. The van der Waals surface area contributed by atoms with Crippen LogP contribution in [0.15, 0.2) is 33.6 Å². The number of ether oxygens (including phenoxy) is 1. The zero-order chi connectivity index (χ0) is 12.0. The van der Waals surface area contributed by atoms with E-state index in [4.69, 9.17) is 0 Å². The molecule has 5 heteroatoms. The number of esters is 1. The van der Waals surface area contributed by atoms with Gasteiger partial charge in [0.25, 0.3) is 0 Å². The van der Waals surface area contributed by atoms with Crippen molar-refractivity contribution in [2.24, 2.45) is 0 Å². The molecule has 1 atom stereocenters. The SMILES string of the molecule is COC(=O)C[C@@H](O)CSc1ccc(Br)cc1. The maximum absolute atomic E-state index is 10.9. The highest BCUT2D eigenvalue weighted by Gasteiger charge is 2.11. The molecule has 0 aliphatic rings. The molecule has 0 fully saturated rings. The summed E-state index contributed by atoms with van der Waals surface area (Å²) in [7, 11) is 1.32. The normalized spacial score (nSPS) is 12.2. The Balaban J connectivity index is 2.34. The fraction of sp³-hybridized carbons (Fsp3) is 0.364. The molecule has 0 spiro atoms. The minimum Gasteiger partial charge on any atom is -0.469 e. The number of aliphatic hydroxyl groups is 1. The molecule has 0 heterocycles. The first-order valence-corrected chi connectivity index (χ1v) is 6.53. The highest BCUT2D eigenvalue weighted by Crippen LogP contribution is 2.21. The molecule has 1 aromatic carbocycles. The second-order valence-corrected chi connectivity index (χ2v) is 5.21. The molecule has 0 saturated carbocycles. The number of carbonyl (C=O) groups excluding carboxylic acids is 1. The van der Waals surface area contributed by atoms with Gasteiger partial charge in [0.2, 0.25) is 0 Å². The summed E-state index contributed by atoms with van der Waals surface area (Å²) in [5, 5.41) is 9.54. The third-order valence-electron chi connectivity index (χ3n) is 1.89. The van der Waals surface area contributed by atoms with Crippen molar-refractivity contribution in [1.29, 1.82) is 0 Å². The third kappa shape index (κ3) is 5.01. The number of rotatable bonds is 5. The first-order chi connectivity index (χ1) is 7.61. The molecule has 0 radical (unpaired) electrons. The van der Waals surface area contributed by atoms with Gasteiger partial charge in [0.15, 0.2) is 0 Å². The van der Waals surface area contributed by atoms with Gasteiger partial charge in [-0.05, 0) is 24.3 Å². The van der Waals surface area contributed by atoms with Crippen LogP contribution in [0.3, 0.4) is 0 Å². The summed E-state index contributed by atoms with van der Waals surface area (Å²) < 4.78 is 5.49.